The van der Waals surface area contributed by atoms with Crippen LogP contribution in [0.2, 0.25) is 0 Å². The van der Waals surface area contributed by atoms with Gasteiger partial charge in [-0.15, -0.1) is 0 Å². The zero-order valence-corrected chi connectivity index (χ0v) is 14.9. The number of benzene rings is 1. The first-order valence-electron chi connectivity index (χ1n) is 9.82. The highest BCUT2D eigenvalue weighted by atomic mass is 16.2. The molecule has 24 heavy (non-hydrogen) atoms. The molecule has 0 bridgehead atoms. The number of rotatable bonds is 4. The fourth-order valence-corrected chi connectivity index (χ4v) is 5.08. The van der Waals surface area contributed by atoms with Crippen molar-refractivity contribution in [2.45, 2.75) is 50.9 Å². The van der Waals surface area contributed by atoms with Crippen LogP contribution < -0.4 is 5.32 Å². The number of hydrogen-bond donors (Lipinski definition) is 1. The van der Waals surface area contributed by atoms with Crippen molar-refractivity contribution in [3.63, 3.8) is 0 Å². The van der Waals surface area contributed by atoms with Crippen LogP contribution in [0.4, 0.5) is 0 Å². The summed E-state index contributed by atoms with van der Waals surface area (Å²) >= 11 is 0. The zero-order chi connectivity index (χ0) is 16.6. The van der Waals surface area contributed by atoms with Crippen LogP contribution in [0.5, 0.6) is 0 Å². The Morgan fingerprint density at radius 2 is 2.08 bits per heavy atom. The summed E-state index contributed by atoms with van der Waals surface area (Å²) < 4.78 is 0. The van der Waals surface area contributed by atoms with Crippen molar-refractivity contribution in [2.24, 2.45) is 11.8 Å². The lowest BCUT2D eigenvalue weighted by Gasteiger charge is -2.33. The molecule has 2 fully saturated rings. The predicted molar refractivity (Wildman–Crippen MR) is 97.0 cm³/mol. The van der Waals surface area contributed by atoms with Gasteiger partial charge in [-0.1, -0.05) is 31.2 Å². The van der Waals surface area contributed by atoms with Gasteiger partial charge in [0.25, 0.3) is 0 Å². The third-order valence-corrected chi connectivity index (χ3v) is 6.61. The van der Waals surface area contributed by atoms with E-state index in [9.17, 15) is 4.79 Å². The average molecular weight is 326 g/mol. The molecule has 2 unspecified atom stereocenters. The van der Waals surface area contributed by atoms with Gasteiger partial charge in [0.05, 0.1) is 0 Å². The van der Waals surface area contributed by atoms with Crippen molar-refractivity contribution in [1.29, 1.82) is 0 Å². The molecule has 4 rings (SSSR count). The number of aryl methyl sites for hydroxylation is 1. The first-order valence-corrected chi connectivity index (χ1v) is 9.82. The minimum Gasteiger partial charge on any atom is -0.342 e. The van der Waals surface area contributed by atoms with Gasteiger partial charge >= 0.3 is 0 Å². The molecule has 1 aromatic carbocycles. The Labute approximate surface area is 145 Å². The van der Waals surface area contributed by atoms with Crippen molar-refractivity contribution < 1.29 is 4.79 Å². The number of fused-ring (bicyclic) bond motifs is 2. The maximum atomic E-state index is 13.1. The Bertz CT molecular complexity index is 606. The second-order valence-electron chi connectivity index (χ2n) is 8.00. The maximum Gasteiger partial charge on any atom is 0.226 e. The summed E-state index contributed by atoms with van der Waals surface area (Å²) in [6, 6.07) is 8.84. The van der Waals surface area contributed by atoms with E-state index in [-0.39, 0.29) is 11.3 Å². The second-order valence-corrected chi connectivity index (χ2v) is 8.00. The fourth-order valence-electron chi connectivity index (χ4n) is 5.08. The molecule has 2 atom stereocenters. The Hall–Kier alpha value is -1.35. The van der Waals surface area contributed by atoms with Gasteiger partial charge in [-0.25, -0.2) is 0 Å². The number of carbonyl (C=O) groups is 1. The molecule has 3 heteroatoms. The Morgan fingerprint density at radius 3 is 2.88 bits per heavy atom. The molecule has 1 amide bonds. The van der Waals surface area contributed by atoms with Gasteiger partial charge in [0.1, 0.15) is 0 Å². The topological polar surface area (TPSA) is 32.3 Å². The largest absolute Gasteiger partial charge is 0.342 e. The van der Waals surface area contributed by atoms with Crippen LogP contribution in [-0.2, 0) is 16.6 Å². The fraction of sp³-hybridized carbons (Fsp3) is 0.667. The van der Waals surface area contributed by atoms with Gasteiger partial charge in [0.15, 0.2) is 0 Å². The molecular weight excluding hydrogens is 296 g/mol. The van der Waals surface area contributed by atoms with Gasteiger partial charge in [-0.2, -0.15) is 0 Å². The number of piperidine rings is 1. The van der Waals surface area contributed by atoms with Gasteiger partial charge in [-0.05, 0) is 68.7 Å². The van der Waals surface area contributed by atoms with E-state index in [1.54, 1.807) is 0 Å². The summed E-state index contributed by atoms with van der Waals surface area (Å²) in [5.41, 5.74) is 3.16. The van der Waals surface area contributed by atoms with Crippen LogP contribution in [0.15, 0.2) is 24.3 Å². The van der Waals surface area contributed by atoms with E-state index in [1.165, 1.54) is 30.4 Å². The monoisotopic (exact) mass is 326 g/mol. The lowest BCUT2D eigenvalue weighted by molar-refractivity contribution is -0.134. The predicted octanol–water partition coefficient (Wildman–Crippen LogP) is 3.13. The summed E-state index contributed by atoms with van der Waals surface area (Å²) in [5, 5.41) is 3.45. The van der Waals surface area contributed by atoms with E-state index in [2.05, 4.69) is 41.4 Å². The van der Waals surface area contributed by atoms with Gasteiger partial charge < -0.3 is 10.2 Å². The molecule has 1 aromatic rings. The Morgan fingerprint density at radius 1 is 1.29 bits per heavy atom. The highest BCUT2D eigenvalue weighted by molar-refractivity contribution is 5.85. The number of carbonyl (C=O) groups excluding carboxylic acids is 1. The van der Waals surface area contributed by atoms with E-state index < -0.39 is 0 Å². The normalized spacial score (nSPS) is 29.5. The summed E-state index contributed by atoms with van der Waals surface area (Å²) in [7, 11) is 0. The van der Waals surface area contributed by atoms with Crippen LogP contribution in [0.25, 0.3) is 0 Å². The number of nitrogens with one attached hydrogen (secondary N) is 1. The smallest absolute Gasteiger partial charge is 0.226 e. The summed E-state index contributed by atoms with van der Waals surface area (Å²) in [6.45, 7) is 6.24. The van der Waals surface area contributed by atoms with Crippen LogP contribution in [0, 0.1) is 11.8 Å². The van der Waals surface area contributed by atoms with Crippen molar-refractivity contribution in [2.75, 3.05) is 26.2 Å². The molecule has 1 saturated carbocycles. The van der Waals surface area contributed by atoms with Gasteiger partial charge in [-0.3, -0.25) is 4.79 Å². The van der Waals surface area contributed by atoms with Crippen molar-refractivity contribution in [3.8, 4) is 0 Å². The SMILES string of the molecule is CCNCC1CCN(C(=O)C2CC23CCCc2ccccc23)CC1. The number of hydrogen-bond acceptors (Lipinski definition) is 2. The number of likely N-dealkylation sites (tertiary alicyclic amines) is 1. The second kappa shape index (κ2) is 6.51. The van der Waals surface area contributed by atoms with Crippen molar-refractivity contribution in [3.05, 3.63) is 35.4 Å². The molecule has 0 aromatic heterocycles. The molecule has 3 aliphatic rings. The van der Waals surface area contributed by atoms with Crippen molar-refractivity contribution >= 4 is 5.91 Å². The minimum atomic E-state index is 0.187. The van der Waals surface area contributed by atoms with E-state index in [1.807, 2.05) is 0 Å². The Balaban J connectivity index is 1.40. The van der Waals surface area contributed by atoms with E-state index in [4.69, 9.17) is 0 Å². The molecule has 1 spiro atoms. The highest BCUT2D eigenvalue weighted by Gasteiger charge is 2.60. The molecule has 1 saturated heterocycles. The lowest BCUT2D eigenvalue weighted by Crippen LogP contribution is -2.42. The zero-order valence-electron chi connectivity index (χ0n) is 14.9. The first-order chi connectivity index (χ1) is 11.7. The first kappa shape index (κ1) is 16.1. The molecule has 1 heterocycles. The molecule has 130 valence electrons. The summed E-state index contributed by atoms with van der Waals surface area (Å²) in [6.07, 6.45) is 7.04. The standard InChI is InChI=1S/C21H30N2O/c1-2-22-15-16-9-12-23(13-10-16)20(24)19-14-21(19)11-5-7-17-6-3-4-8-18(17)21/h3-4,6,8,16,19,22H,2,5,7,9-15H2,1H3. The summed E-state index contributed by atoms with van der Waals surface area (Å²) in [4.78, 5) is 15.2. The van der Waals surface area contributed by atoms with Crippen molar-refractivity contribution in [1.82, 2.24) is 10.2 Å². The van der Waals surface area contributed by atoms with Crippen LogP contribution in [0.3, 0.4) is 0 Å². The quantitative estimate of drug-likeness (QED) is 0.922. The van der Waals surface area contributed by atoms with E-state index >= 15 is 0 Å². The van der Waals surface area contributed by atoms with E-state index in [0.29, 0.717) is 5.91 Å². The van der Waals surface area contributed by atoms with Crippen LogP contribution in [0.1, 0.15) is 50.2 Å². The third-order valence-electron chi connectivity index (χ3n) is 6.61. The average Bonchev–Trinajstić information content (AvgIpc) is 3.35. The molecule has 3 nitrogen and oxygen atoms in total. The highest BCUT2D eigenvalue weighted by Crippen LogP contribution is 2.60. The Kier molecular flexibility index (Phi) is 4.38. The van der Waals surface area contributed by atoms with Crippen LogP contribution in [-0.4, -0.2) is 37.0 Å². The third kappa shape index (κ3) is 2.77. The number of amides is 1. The summed E-state index contributed by atoms with van der Waals surface area (Å²) in [5.74, 6) is 1.44. The molecule has 1 aliphatic heterocycles. The van der Waals surface area contributed by atoms with Gasteiger partial charge in [0, 0.05) is 24.4 Å². The molecular formula is C21H30N2O. The number of nitrogens with zero attached hydrogens (tertiary/aromatic N) is 1. The van der Waals surface area contributed by atoms with Crippen LogP contribution >= 0.6 is 0 Å². The molecule has 0 radical (unpaired) electrons. The maximum absolute atomic E-state index is 13.1. The molecule has 2 aliphatic carbocycles. The minimum absolute atomic E-state index is 0.187. The van der Waals surface area contributed by atoms with Gasteiger partial charge in [0.2, 0.25) is 5.91 Å². The molecule has 1 N–H and O–H groups in total. The lowest BCUT2D eigenvalue weighted by atomic mass is 9.78. The van der Waals surface area contributed by atoms with E-state index in [0.717, 1.165) is 51.4 Å².